The Labute approximate surface area is 99.5 Å². The van der Waals surface area contributed by atoms with Crippen molar-refractivity contribution in [1.82, 2.24) is 15.5 Å². The lowest BCUT2D eigenvalue weighted by Gasteiger charge is -2.23. The van der Waals surface area contributed by atoms with E-state index >= 15 is 0 Å². The van der Waals surface area contributed by atoms with Gasteiger partial charge in [-0.1, -0.05) is 0 Å². The summed E-state index contributed by atoms with van der Waals surface area (Å²) in [7, 11) is 0. The quantitative estimate of drug-likeness (QED) is 0.799. The van der Waals surface area contributed by atoms with Gasteiger partial charge in [-0.3, -0.25) is 5.10 Å². The molecule has 1 fully saturated rings. The lowest BCUT2D eigenvalue weighted by atomic mass is 10.0. The van der Waals surface area contributed by atoms with Gasteiger partial charge < -0.3 is 10.1 Å². The number of ether oxygens (including phenoxy) is 1. The molecule has 0 aromatic carbocycles. The van der Waals surface area contributed by atoms with Crippen molar-refractivity contribution in [2.75, 3.05) is 24.7 Å². The van der Waals surface area contributed by atoms with Crippen LogP contribution in [0.4, 0.5) is 0 Å². The van der Waals surface area contributed by atoms with Crippen LogP contribution in [0, 0.1) is 0 Å². The molecule has 1 aromatic rings. The maximum atomic E-state index is 5.50. The first-order chi connectivity index (χ1) is 7.93. The van der Waals surface area contributed by atoms with Gasteiger partial charge in [0.2, 0.25) is 0 Å². The van der Waals surface area contributed by atoms with Gasteiger partial charge in [0.05, 0.1) is 18.9 Å². The largest absolute Gasteiger partial charge is 0.376 e. The number of aromatic nitrogens is 2. The van der Waals surface area contributed by atoms with Gasteiger partial charge in [-0.05, 0) is 0 Å². The second-order valence-corrected chi connectivity index (χ2v) is 5.51. The number of fused-ring (bicyclic) bond motifs is 1. The van der Waals surface area contributed by atoms with Crippen LogP contribution >= 0.6 is 11.8 Å². The smallest absolute Gasteiger partial charge is 0.0753 e. The van der Waals surface area contributed by atoms with Crippen molar-refractivity contribution >= 4 is 11.8 Å². The molecule has 0 saturated carbocycles. The summed E-state index contributed by atoms with van der Waals surface area (Å²) in [5.74, 6) is 2.43. The van der Waals surface area contributed by atoms with E-state index in [2.05, 4.69) is 15.5 Å². The van der Waals surface area contributed by atoms with Crippen molar-refractivity contribution in [1.29, 1.82) is 0 Å². The van der Waals surface area contributed by atoms with Crippen LogP contribution in [0.1, 0.15) is 17.0 Å². The fourth-order valence-corrected chi connectivity index (χ4v) is 3.27. The molecule has 0 spiro atoms. The van der Waals surface area contributed by atoms with Gasteiger partial charge in [0.1, 0.15) is 0 Å². The second-order valence-electron chi connectivity index (χ2n) is 4.36. The van der Waals surface area contributed by atoms with Gasteiger partial charge in [0.15, 0.2) is 0 Å². The first-order valence-corrected chi connectivity index (χ1v) is 7.03. The lowest BCUT2D eigenvalue weighted by Crippen LogP contribution is -2.39. The monoisotopic (exact) mass is 239 g/mol. The zero-order chi connectivity index (χ0) is 10.8. The van der Waals surface area contributed by atoms with E-state index in [0.29, 0.717) is 6.04 Å². The number of hydrogen-bond donors (Lipinski definition) is 2. The molecule has 2 N–H and O–H groups in total. The number of rotatable bonds is 2. The van der Waals surface area contributed by atoms with Crippen LogP contribution in [0.15, 0.2) is 0 Å². The Kier molecular flexibility index (Phi) is 3.17. The van der Waals surface area contributed by atoms with Gasteiger partial charge in [-0.2, -0.15) is 16.9 Å². The number of thioether (sulfide) groups is 1. The fourth-order valence-electron chi connectivity index (χ4n) is 2.32. The standard InChI is InChI=1S/C11H17N3OS/c1-3-15-6-9-10(1)13-14-11(9)5-8-7-16-4-2-12-8/h8,12H,1-7H2,(H,13,14). The van der Waals surface area contributed by atoms with E-state index in [1.165, 1.54) is 28.5 Å². The van der Waals surface area contributed by atoms with E-state index in [4.69, 9.17) is 4.74 Å². The highest BCUT2D eigenvalue weighted by atomic mass is 32.2. The Balaban J connectivity index is 1.71. The van der Waals surface area contributed by atoms with Crippen LogP contribution in [-0.4, -0.2) is 40.9 Å². The van der Waals surface area contributed by atoms with E-state index < -0.39 is 0 Å². The molecule has 5 heteroatoms. The third kappa shape index (κ3) is 2.12. The number of aromatic amines is 1. The number of hydrogen-bond acceptors (Lipinski definition) is 4. The van der Waals surface area contributed by atoms with Crippen molar-refractivity contribution in [2.45, 2.75) is 25.5 Å². The SMILES string of the molecule is C1CSCC(Cc2n[nH]c3c2COCC3)N1. The van der Waals surface area contributed by atoms with Crippen LogP contribution in [0.5, 0.6) is 0 Å². The molecule has 0 amide bonds. The first kappa shape index (κ1) is 10.6. The minimum atomic E-state index is 0.577. The molecule has 1 aromatic heterocycles. The van der Waals surface area contributed by atoms with Crippen LogP contribution < -0.4 is 5.32 Å². The summed E-state index contributed by atoms with van der Waals surface area (Å²) < 4.78 is 5.50. The highest BCUT2D eigenvalue weighted by Crippen LogP contribution is 2.20. The Morgan fingerprint density at radius 3 is 3.38 bits per heavy atom. The maximum absolute atomic E-state index is 5.50. The number of H-pyrrole nitrogens is 1. The molecule has 88 valence electrons. The summed E-state index contributed by atoms with van der Waals surface area (Å²) in [5, 5.41) is 11.1. The van der Waals surface area contributed by atoms with Crippen molar-refractivity contribution in [2.24, 2.45) is 0 Å². The average molecular weight is 239 g/mol. The van der Waals surface area contributed by atoms with Gasteiger partial charge >= 0.3 is 0 Å². The Morgan fingerprint density at radius 1 is 1.50 bits per heavy atom. The predicted octanol–water partition coefficient (Wildman–Crippen LogP) is 0.730. The first-order valence-electron chi connectivity index (χ1n) is 5.87. The van der Waals surface area contributed by atoms with Crippen molar-refractivity contribution in [3.63, 3.8) is 0 Å². The number of nitrogens with one attached hydrogen (secondary N) is 2. The third-order valence-corrected chi connectivity index (χ3v) is 4.35. The van der Waals surface area contributed by atoms with E-state index in [-0.39, 0.29) is 0 Å². The van der Waals surface area contributed by atoms with Crippen molar-refractivity contribution < 1.29 is 4.74 Å². The Bertz CT molecular complexity index is 360. The second kappa shape index (κ2) is 4.77. The zero-order valence-corrected chi connectivity index (χ0v) is 10.1. The van der Waals surface area contributed by atoms with E-state index in [1.807, 2.05) is 11.8 Å². The molecule has 0 radical (unpaired) electrons. The molecule has 2 aliphatic heterocycles. The minimum absolute atomic E-state index is 0.577. The summed E-state index contributed by atoms with van der Waals surface area (Å²) in [6, 6.07) is 0.577. The van der Waals surface area contributed by atoms with Gasteiger partial charge in [0.25, 0.3) is 0 Å². The molecule has 0 bridgehead atoms. The molecular formula is C11H17N3OS. The predicted molar refractivity (Wildman–Crippen MR) is 64.8 cm³/mol. The maximum Gasteiger partial charge on any atom is 0.0753 e. The van der Waals surface area contributed by atoms with Gasteiger partial charge in [-0.15, -0.1) is 0 Å². The Morgan fingerprint density at radius 2 is 2.50 bits per heavy atom. The lowest BCUT2D eigenvalue weighted by molar-refractivity contribution is 0.109. The summed E-state index contributed by atoms with van der Waals surface area (Å²) in [4.78, 5) is 0. The molecule has 1 saturated heterocycles. The van der Waals surface area contributed by atoms with E-state index in [0.717, 1.165) is 32.6 Å². The summed E-state index contributed by atoms with van der Waals surface area (Å²) >= 11 is 2.03. The van der Waals surface area contributed by atoms with Crippen LogP contribution in [0.3, 0.4) is 0 Å². The Hall–Kier alpha value is -0.520. The fraction of sp³-hybridized carbons (Fsp3) is 0.727. The molecule has 0 aliphatic carbocycles. The molecule has 4 nitrogen and oxygen atoms in total. The summed E-state index contributed by atoms with van der Waals surface area (Å²) in [6.07, 6.45) is 2.01. The third-order valence-electron chi connectivity index (χ3n) is 3.22. The molecular weight excluding hydrogens is 222 g/mol. The van der Waals surface area contributed by atoms with Crippen molar-refractivity contribution in [3.05, 3.63) is 17.0 Å². The molecule has 16 heavy (non-hydrogen) atoms. The highest BCUT2D eigenvalue weighted by Gasteiger charge is 2.21. The minimum Gasteiger partial charge on any atom is -0.376 e. The normalized spacial score (nSPS) is 25.4. The zero-order valence-electron chi connectivity index (χ0n) is 9.29. The molecule has 3 rings (SSSR count). The highest BCUT2D eigenvalue weighted by molar-refractivity contribution is 7.99. The van der Waals surface area contributed by atoms with E-state index in [1.54, 1.807) is 0 Å². The number of nitrogens with zero attached hydrogens (tertiary/aromatic N) is 1. The van der Waals surface area contributed by atoms with Crippen LogP contribution in [0.2, 0.25) is 0 Å². The molecule has 1 unspecified atom stereocenters. The molecule has 1 atom stereocenters. The summed E-state index contributed by atoms with van der Waals surface area (Å²) in [6.45, 7) is 2.69. The summed E-state index contributed by atoms with van der Waals surface area (Å²) in [5.41, 5.74) is 3.79. The van der Waals surface area contributed by atoms with Gasteiger partial charge in [-0.25, -0.2) is 0 Å². The molecule has 2 aliphatic rings. The average Bonchev–Trinajstić information content (AvgIpc) is 2.74. The van der Waals surface area contributed by atoms with Crippen LogP contribution in [-0.2, 0) is 24.2 Å². The van der Waals surface area contributed by atoms with Gasteiger partial charge in [0, 0.05) is 48.2 Å². The van der Waals surface area contributed by atoms with E-state index in [9.17, 15) is 0 Å². The topological polar surface area (TPSA) is 49.9 Å². The van der Waals surface area contributed by atoms with Crippen LogP contribution in [0.25, 0.3) is 0 Å². The molecule has 3 heterocycles. The van der Waals surface area contributed by atoms with Crippen molar-refractivity contribution in [3.8, 4) is 0 Å².